The molecule has 1 atom stereocenters. The summed E-state index contributed by atoms with van der Waals surface area (Å²) in [6.07, 6.45) is 3.05. The van der Waals surface area contributed by atoms with Crippen LogP contribution in [0.25, 0.3) is 0 Å². The largest absolute Gasteiger partial charge is 0.452 e. The van der Waals surface area contributed by atoms with Crippen LogP contribution in [-0.2, 0) is 22.4 Å². The van der Waals surface area contributed by atoms with Gasteiger partial charge in [0.2, 0.25) is 0 Å². The number of likely N-dealkylation sites (N-methyl/N-ethyl adjacent to an activating group) is 1. The minimum Gasteiger partial charge on any atom is -0.452 e. The number of hydrogen-bond donors (Lipinski definition) is 0. The summed E-state index contributed by atoms with van der Waals surface area (Å²) in [5.41, 5.74) is 3.65. The first-order valence-corrected chi connectivity index (χ1v) is 10.0. The average Bonchev–Trinajstić information content (AvgIpc) is 3.05. The first-order chi connectivity index (χ1) is 12.5. The Labute approximate surface area is 158 Å². The lowest BCUT2D eigenvalue weighted by molar-refractivity contribution is -0.121. The van der Waals surface area contributed by atoms with Crippen LogP contribution < -0.4 is 4.90 Å². The third kappa shape index (κ3) is 3.83. The van der Waals surface area contributed by atoms with Crippen molar-refractivity contribution in [3.63, 3.8) is 0 Å². The van der Waals surface area contributed by atoms with E-state index in [4.69, 9.17) is 4.74 Å². The lowest BCUT2D eigenvalue weighted by Gasteiger charge is -2.23. The van der Waals surface area contributed by atoms with Crippen molar-refractivity contribution < 1.29 is 14.3 Å². The lowest BCUT2D eigenvalue weighted by Crippen LogP contribution is -2.35. The first-order valence-electron chi connectivity index (χ1n) is 9.13. The zero-order valence-corrected chi connectivity index (χ0v) is 16.4. The Morgan fingerprint density at radius 1 is 1.31 bits per heavy atom. The zero-order valence-electron chi connectivity index (χ0n) is 15.6. The zero-order chi connectivity index (χ0) is 18.7. The average molecular weight is 372 g/mol. The molecular formula is C21H25NO3S. The van der Waals surface area contributed by atoms with Crippen LogP contribution in [0.15, 0.2) is 29.6 Å². The third-order valence-corrected chi connectivity index (χ3v) is 6.02. The van der Waals surface area contributed by atoms with Gasteiger partial charge in [0.1, 0.15) is 0 Å². The number of esters is 1. The number of benzene rings is 1. The Morgan fingerprint density at radius 2 is 2.08 bits per heavy atom. The van der Waals surface area contributed by atoms with Crippen LogP contribution in [0.4, 0.5) is 5.69 Å². The standard InChI is InChI=1S/C21H25NO3S/c1-4-22(18-8-6-5-7-15(18)3)20(23)12-25-21(24)17-13-26-19-11-14(2)9-10-16(17)19/h5-8,13-14H,4,9-12H2,1-3H3. The molecule has 26 heavy (non-hydrogen) atoms. The summed E-state index contributed by atoms with van der Waals surface area (Å²) in [4.78, 5) is 28.0. The minimum absolute atomic E-state index is 0.201. The molecule has 0 fully saturated rings. The number of aryl methyl sites for hydroxylation is 1. The van der Waals surface area contributed by atoms with E-state index in [2.05, 4.69) is 6.92 Å². The number of amides is 1. The second kappa shape index (κ2) is 8.04. The Kier molecular flexibility index (Phi) is 5.77. The lowest BCUT2D eigenvalue weighted by atomic mass is 9.88. The van der Waals surface area contributed by atoms with Gasteiger partial charge in [0.15, 0.2) is 6.61 Å². The maximum absolute atomic E-state index is 12.6. The van der Waals surface area contributed by atoms with Crippen LogP contribution in [0, 0.1) is 12.8 Å². The molecule has 0 bridgehead atoms. The number of fused-ring (bicyclic) bond motifs is 1. The summed E-state index contributed by atoms with van der Waals surface area (Å²) in [6.45, 7) is 6.43. The molecule has 0 spiro atoms. The van der Waals surface area contributed by atoms with Crippen LogP contribution >= 0.6 is 11.3 Å². The smallest absolute Gasteiger partial charge is 0.339 e. The molecule has 138 valence electrons. The highest BCUT2D eigenvalue weighted by molar-refractivity contribution is 7.10. The van der Waals surface area contributed by atoms with Crippen molar-refractivity contribution in [3.8, 4) is 0 Å². The van der Waals surface area contributed by atoms with Crippen molar-refractivity contribution in [2.24, 2.45) is 5.92 Å². The monoisotopic (exact) mass is 371 g/mol. The summed E-state index contributed by atoms with van der Waals surface area (Å²) in [6, 6.07) is 7.73. The van der Waals surface area contributed by atoms with Crippen LogP contribution in [0.5, 0.6) is 0 Å². The molecule has 1 aliphatic carbocycles. The maximum atomic E-state index is 12.6. The van der Waals surface area contributed by atoms with Crippen LogP contribution in [0.3, 0.4) is 0 Å². The number of anilines is 1. The van der Waals surface area contributed by atoms with Crippen LogP contribution in [-0.4, -0.2) is 25.0 Å². The van der Waals surface area contributed by atoms with E-state index < -0.39 is 0 Å². The van der Waals surface area contributed by atoms with Crippen molar-refractivity contribution in [2.45, 2.75) is 40.0 Å². The highest BCUT2D eigenvalue weighted by Crippen LogP contribution is 2.33. The van der Waals surface area contributed by atoms with Gasteiger partial charge in [-0.05, 0) is 56.2 Å². The highest BCUT2D eigenvalue weighted by atomic mass is 32.1. The van der Waals surface area contributed by atoms with Crippen molar-refractivity contribution in [1.82, 2.24) is 0 Å². The van der Waals surface area contributed by atoms with Crippen molar-refractivity contribution in [2.75, 3.05) is 18.1 Å². The molecule has 1 aliphatic rings. The number of rotatable bonds is 5. The molecule has 0 saturated heterocycles. The van der Waals surface area contributed by atoms with Crippen molar-refractivity contribution in [1.29, 1.82) is 0 Å². The minimum atomic E-state index is -0.383. The summed E-state index contributed by atoms with van der Waals surface area (Å²) in [5, 5.41) is 1.88. The predicted molar refractivity (Wildman–Crippen MR) is 105 cm³/mol. The highest BCUT2D eigenvalue weighted by Gasteiger charge is 2.25. The molecule has 5 heteroatoms. The number of carbonyl (C=O) groups is 2. The summed E-state index contributed by atoms with van der Waals surface area (Å²) in [7, 11) is 0. The van der Waals surface area contributed by atoms with Gasteiger partial charge in [-0.15, -0.1) is 11.3 Å². The van der Waals surface area contributed by atoms with Gasteiger partial charge >= 0.3 is 5.97 Å². The molecule has 4 nitrogen and oxygen atoms in total. The van der Waals surface area contributed by atoms with Gasteiger partial charge in [-0.25, -0.2) is 4.79 Å². The quantitative estimate of drug-likeness (QED) is 0.732. The Morgan fingerprint density at radius 3 is 2.81 bits per heavy atom. The third-order valence-electron chi connectivity index (χ3n) is 4.97. The van der Waals surface area contributed by atoms with E-state index in [0.717, 1.165) is 36.1 Å². The fraction of sp³-hybridized carbons (Fsp3) is 0.429. The Balaban J connectivity index is 1.66. The summed E-state index contributed by atoms with van der Waals surface area (Å²) < 4.78 is 5.36. The molecule has 3 rings (SSSR count). The molecule has 0 N–H and O–H groups in total. The van der Waals surface area contributed by atoms with Crippen molar-refractivity contribution in [3.05, 3.63) is 51.2 Å². The van der Waals surface area contributed by atoms with Crippen molar-refractivity contribution >= 4 is 28.9 Å². The van der Waals surface area contributed by atoms with Gasteiger partial charge in [-0.1, -0.05) is 25.1 Å². The normalized spacial score (nSPS) is 16.0. The van der Waals surface area contributed by atoms with Gasteiger partial charge in [0.25, 0.3) is 5.91 Å². The van der Waals surface area contributed by atoms with Gasteiger partial charge in [0.05, 0.1) is 5.56 Å². The van der Waals surface area contributed by atoms with Gasteiger partial charge in [0, 0.05) is 22.5 Å². The molecule has 1 heterocycles. The molecule has 1 amide bonds. The van der Waals surface area contributed by atoms with E-state index in [9.17, 15) is 9.59 Å². The van der Waals surface area contributed by atoms with E-state index in [1.807, 2.05) is 43.5 Å². The first kappa shape index (κ1) is 18.6. The van der Waals surface area contributed by atoms with E-state index >= 15 is 0 Å². The topological polar surface area (TPSA) is 46.6 Å². The summed E-state index contributed by atoms with van der Waals surface area (Å²) in [5.74, 6) is 0.0814. The van der Waals surface area contributed by atoms with E-state index in [0.29, 0.717) is 18.0 Å². The SMILES string of the molecule is CCN(C(=O)COC(=O)c1csc2c1CCC(C)C2)c1ccccc1C. The molecule has 1 unspecified atom stereocenters. The number of nitrogens with zero attached hydrogens (tertiary/aromatic N) is 1. The molecule has 0 saturated carbocycles. The van der Waals surface area contributed by atoms with Crippen LogP contribution in [0.2, 0.25) is 0 Å². The number of para-hydroxylation sites is 1. The van der Waals surface area contributed by atoms with Gasteiger partial charge in [-0.3, -0.25) is 4.79 Å². The molecule has 2 aromatic rings. The van der Waals surface area contributed by atoms with Gasteiger partial charge < -0.3 is 9.64 Å². The number of carbonyl (C=O) groups excluding carboxylic acids is 2. The fourth-order valence-electron chi connectivity index (χ4n) is 3.48. The maximum Gasteiger partial charge on any atom is 0.339 e. The molecule has 1 aromatic carbocycles. The number of hydrogen-bond acceptors (Lipinski definition) is 4. The van der Waals surface area contributed by atoms with Crippen LogP contribution in [0.1, 0.15) is 46.6 Å². The van der Waals surface area contributed by atoms with Gasteiger partial charge in [-0.2, -0.15) is 0 Å². The summed E-state index contributed by atoms with van der Waals surface area (Å²) >= 11 is 1.63. The van der Waals surface area contributed by atoms with E-state index in [1.165, 1.54) is 4.88 Å². The Bertz CT molecular complexity index is 811. The second-order valence-corrected chi connectivity index (χ2v) is 7.86. The molecule has 0 radical (unpaired) electrons. The van der Waals surface area contributed by atoms with E-state index in [-0.39, 0.29) is 18.5 Å². The molecule has 1 aromatic heterocycles. The molecular weight excluding hydrogens is 346 g/mol. The second-order valence-electron chi connectivity index (χ2n) is 6.90. The predicted octanol–water partition coefficient (Wildman–Crippen LogP) is 4.39. The van der Waals surface area contributed by atoms with E-state index in [1.54, 1.807) is 16.2 Å². The Hall–Kier alpha value is -2.14. The number of ether oxygens (including phenoxy) is 1. The number of thiophene rings is 1. The molecule has 0 aliphatic heterocycles. The fourth-order valence-corrected chi connectivity index (χ4v) is 4.71.